The number of benzene rings is 2. The van der Waals surface area contributed by atoms with E-state index in [4.69, 9.17) is 0 Å². The van der Waals surface area contributed by atoms with Gasteiger partial charge in [0.15, 0.2) is 0 Å². The molecule has 8 heteroatoms. The Kier molecular flexibility index (Phi) is 4.98. The first-order valence-corrected chi connectivity index (χ1v) is 8.38. The van der Waals surface area contributed by atoms with Gasteiger partial charge in [-0.15, -0.1) is 0 Å². The molecule has 1 atom stereocenters. The van der Waals surface area contributed by atoms with Crippen molar-refractivity contribution in [3.05, 3.63) is 75.3 Å². The third kappa shape index (κ3) is 3.55. The fourth-order valence-corrected chi connectivity index (χ4v) is 3.02. The zero-order chi connectivity index (χ0) is 19.6. The molecule has 0 spiro atoms. The van der Waals surface area contributed by atoms with Crippen LogP contribution in [0.25, 0.3) is 0 Å². The molecular formula is C19H17N3O5. The average Bonchev–Trinajstić information content (AvgIpc) is 2.91. The van der Waals surface area contributed by atoms with E-state index in [0.717, 1.165) is 10.5 Å². The van der Waals surface area contributed by atoms with E-state index < -0.39 is 22.4 Å². The summed E-state index contributed by atoms with van der Waals surface area (Å²) in [6.45, 7) is 1.69. The highest BCUT2D eigenvalue weighted by Gasteiger charge is 2.40. The van der Waals surface area contributed by atoms with Gasteiger partial charge in [0.2, 0.25) is 5.91 Å². The van der Waals surface area contributed by atoms with E-state index in [0.29, 0.717) is 0 Å². The first-order valence-electron chi connectivity index (χ1n) is 8.38. The summed E-state index contributed by atoms with van der Waals surface area (Å²) in [5.74, 6) is -1.69. The summed E-state index contributed by atoms with van der Waals surface area (Å²) >= 11 is 0. The summed E-state index contributed by atoms with van der Waals surface area (Å²) in [6.07, 6.45) is -0.0869. The van der Waals surface area contributed by atoms with Crippen molar-refractivity contribution in [1.82, 2.24) is 10.2 Å². The molecule has 1 heterocycles. The number of carbonyl (C=O) groups excluding carboxylic acids is 3. The van der Waals surface area contributed by atoms with E-state index in [1.807, 2.05) is 37.3 Å². The van der Waals surface area contributed by atoms with Gasteiger partial charge in [0.05, 0.1) is 16.5 Å². The number of hydrogen-bond donors (Lipinski definition) is 1. The van der Waals surface area contributed by atoms with Crippen molar-refractivity contribution < 1.29 is 19.3 Å². The van der Waals surface area contributed by atoms with Crippen LogP contribution in [0.5, 0.6) is 0 Å². The number of imide groups is 1. The number of carbonyl (C=O) groups is 3. The molecule has 0 saturated heterocycles. The molecule has 2 aromatic rings. The Morgan fingerprint density at radius 3 is 2.48 bits per heavy atom. The molecule has 8 nitrogen and oxygen atoms in total. The van der Waals surface area contributed by atoms with Crippen LogP contribution in [0.3, 0.4) is 0 Å². The van der Waals surface area contributed by atoms with E-state index in [9.17, 15) is 24.5 Å². The molecule has 0 aliphatic carbocycles. The number of rotatable bonds is 6. The number of fused-ring (bicyclic) bond motifs is 1. The van der Waals surface area contributed by atoms with Crippen LogP contribution in [0, 0.1) is 10.1 Å². The topological polar surface area (TPSA) is 110 Å². The minimum Gasteiger partial charge on any atom is -0.350 e. The normalized spacial score (nSPS) is 14.0. The Bertz CT molecular complexity index is 926. The van der Waals surface area contributed by atoms with Crippen molar-refractivity contribution in [2.45, 2.75) is 19.4 Å². The van der Waals surface area contributed by atoms with Gasteiger partial charge in [-0.05, 0) is 18.6 Å². The Labute approximate surface area is 154 Å². The summed E-state index contributed by atoms with van der Waals surface area (Å²) in [4.78, 5) is 48.3. The predicted molar refractivity (Wildman–Crippen MR) is 96.1 cm³/mol. The van der Waals surface area contributed by atoms with Gasteiger partial charge < -0.3 is 5.32 Å². The van der Waals surface area contributed by atoms with Crippen molar-refractivity contribution >= 4 is 23.4 Å². The van der Waals surface area contributed by atoms with Crippen molar-refractivity contribution in [2.75, 3.05) is 6.54 Å². The number of nitro groups is 1. The Morgan fingerprint density at radius 1 is 1.11 bits per heavy atom. The second-order valence-corrected chi connectivity index (χ2v) is 6.17. The van der Waals surface area contributed by atoms with Crippen LogP contribution >= 0.6 is 0 Å². The van der Waals surface area contributed by atoms with Crippen LogP contribution in [0.4, 0.5) is 5.69 Å². The molecule has 3 rings (SSSR count). The predicted octanol–water partition coefficient (Wildman–Crippen LogP) is 2.46. The van der Waals surface area contributed by atoms with E-state index in [-0.39, 0.29) is 36.0 Å². The van der Waals surface area contributed by atoms with Crippen LogP contribution in [0.15, 0.2) is 48.5 Å². The van der Waals surface area contributed by atoms with Crippen LogP contribution in [-0.4, -0.2) is 34.1 Å². The van der Waals surface area contributed by atoms with Crippen molar-refractivity contribution in [3.8, 4) is 0 Å². The molecule has 27 heavy (non-hydrogen) atoms. The SMILES string of the molecule is CC(NC(=O)CCN1C(=O)c2cccc([N+](=O)[O-])c2C1=O)c1ccccc1. The molecule has 0 bridgehead atoms. The molecule has 3 amide bonds. The first kappa shape index (κ1) is 18.2. The van der Waals surface area contributed by atoms with E-state index in [1.54, 1.807) is 0 Å². The van der Waals surface area contributed by atoms with Crippen LogP contribution in [0.2, 0.25) is 0 Å². The molecule has 138 valence electrons. The highest BCUT2D eigenvalue weighted by atomic mass is 16.6. The second-order valence-electron chi connectivity index (χ2n) is 6.17. The summed E-state index contributed by atoms with van der Waals surface area (Å²) in [5, 5.41) is 13.9. The number of nitro benzene ring substituents is 1. The maximum absolute atomic E-state index is 12.5. The van der Waals surface area contributed by atoms with Crippen molar-refractivity contribution in [3.63, 3.8) is 0 Å². The monoisotopic (exact) mass is 367 g/mol. The van der Waals surface area contributed by atoms with Crippen LogP contribution < -0.4 is 5.32 Å². The number of nitrogens with zero attached hydrogens (tertiary/aromatic N) is 2. The third-order valence-corrected chi connectivity index (χ3v) is 4.41. The van der Waals surface area contributed by atoms with Crippen LogP contribution in [-0.2, 0) is 4.79 Å². The molecule has 0 radical (unpaired) electrons. The zero-order valence-electron chi connectivity index (χ0n) is 14.5. The maximum atomic E-state index is 12.5. The van der Waals surface area contributed by atoms with Gasteiger partial charge in [-0.3, -0.25) is 29.4 Å². The molecule has 0 saturated carbocycles. The Morgan fingerprint density at radius 2 is 1.81 bits per heavy atom. The fraction of sp³-hybridized carbons (Fsp3) is 0.211. The number of nitrogens with one attached hydrogen (secondary N) is 1. The fourth-order valence-electron chi connectivity index (χ4n) is 3.02. The lowest BCUT2D eigenvalue weighted by atomic mass is 10.1. The molecule has 1 unspecified atom stereocenters. The largest absolute Gasteiger partial charge is 0.350 e. The Hall–Kier alpha value is -3.55. The number of hydrogen-bond acceptors (Lipinski definition) is 5. The quantitative estimate of drug-likeness (QED) is 0.479. The van der Waals surface area contributed by atoms with Gasteiger partial charge in [0.25, 0.3) is 17.5 Å². The highest BCUT2D eigenvalue weighted by molar-refractivity contribution is 6.23. The standard InChI is InChI=1S/C19H17N3O5/c1-12(13-6-3-2-4-7-13)20-16(23)10-11-21-18(24)14-8-5-9-15(22(26)27)17(14)19(21)25/h2-9,12H,10-11H2,1H3,(H,20,23). The molecule has 0 fully saturated rings. The molecule has 0 aromatic heterocycles. The maximum Gasteiger partial charge on any atom is 0.282 e. The summed E-state index contributed by atoms with van der Waals surface area (Å²) in [6, 6.07) is 13.1. The molecule has 2 aromatic carbocycles. The van der Waals surface area contributed by atoms with Gasteiger partial charge >= 0.3 is 0 Å². The smallest absolute Gasteiger partial charge is 0.282 e. The zero-order valence-corrected chi connectivity index (χ0v) is 14.5. The molecular weight excluding hydrogens is 350 g/mol. The Balaban J connectivity index is 1.66. The van der Waals surface area contributed by atoms with E-state index in [2.05, 4.69) is 5.32 Å². The second kappa shape index (κ2) is 7.36. The van der Waals surface area contributed by atoms with Gasteiger partial charge in [0.1, 0.15) is 5.56 Å². The van der Waals surface area contributed by atoms with Crippen LogP contribution in [0.1, 0.15) is 45.7 Å². The van der Waals surface area contributed by atoms with Gasteiger partial charge in [-0.25, -0.2) is 0 Å². The minimum atomic E-state index is -0.744. The van der Waals surface area contributed by atoms with Crippen molar-refractivity contribution in [2.24, 2.45) is 0 Å². The van der Waals surface area contributed by atoms with E-state index in [1.165, 1.54) is 18.2 Å². The number of amides is 3. The lowest BCUT2D eigenvalue weighted by molar-refractivity contribution is -0.385. The van der Waals surface area contributed by atoms with Crippen molar-refractivity contribution in [1.29, 1.82) is 0 Å². The minimum absolute atomic E-state index is 0.00717. The lowest BCUT2D eigenvalue weighted by Crippen LogP contribution is -2.35. The molecule has 1 aliphatic heterocycles. The van der Waals surface area contributed by atoms with Gasteiger partial charge in [-0.2, -0.15) is 0 Å². The van der Waals surface area contributed by atoms with Gasteiger partial charge in [0, 0.05) is 19.0 Å². The lowest BCUT2D eigenvalue weighted by Gasteiger charge is -2.16. The summed E-state index contributed by atoms with van der Waals surface area (Å²) in [5.41, 5.74) is 0.301. The molecule has 1 aliphatic rings. The summed E-state index contributed by atoms with van der Waals surface area (Å²) < 4.78 is 0. The highest BCUT2D eigenvalue weighted by Crippen LogP contribution is 2.30. The summed E-state index contributed by atoms with van der Waals surface area (Å²) in [7, 11) is 0. The molecule has 1 N–H and O–H groups in total. The average molecular weight is 367 g/mol. The van der Waals surface area contributed by atoms with Gasteiger partial charge in [-0.1, -0.05) is 36.4 Å². The third-order valence-electron chi connectivity index (χ3n) is 4.41. The van der Waals surface area contributed by atoms with E-state index >= 15 is 0 Å². The first-order chi connectivity index (χ1) is 12.9.